The molecule has 0 atom stereocenters. The lowest BCUT2D eigenvalue weighted by molar-refractivity contribution is 0.0602. The number of benzene rings is 1. The first kappa shape index (κ1) is 21.1. The molecule has 152 valence electrons. The average Bonchev–Trinajstić information content (AvgIpc) is 2.92. The summed E-state index contributed by atoms with van der Waals surface area (Å²) >= 11 is 0. The monoisotopic (exact) mass is 390 g/mol. The maximum Gasteiger partial charge on any atom is 0.338 e. The van der Waals surface area contributed by atoms with Crippen molar-refractivity contribution in [2.24, 2.45) is 0 Å². The SMILES string of the molecule is COC(=O)c1cc(CCCCCCCOCc2ccccc2)c2cccccc1-2. The van der Waals surface area contributed by atoms with Crippen LogP contribution in [0, 0.1) is 0 Å². The minimum absolute atomic E-state index is 0.261. The van der Waals surface area contributed by atoms with Gasteiger partial charge in [-0.15, -0.1) is 0 Å². The van der Waals surface area contributed by atoms with Crippen molar-refractivity contribution in [1.29, 1.82) is 0 Å². The molecule has 0 spiro atoms. The minimum atomic E-state index is -0.261. The van der Waals surface area contributed by atoms with Crippen LogP contribution in [0.1, 0.15) is 53.6 Å². The number of carbonyl (C=O) groups excluding carboxylic acids is 1. The fourth-order valence-electron chi connectivity index (χ4n) is 3.69. The van der Waals surface area contributed by atoms with Crippen LogP contribution in [-0.2, 0) is 22.5 Å². The van der Waals surface area contributed by atoms with Gasteiger partial charge >= 0.3 is 5.97 Å². The van der Waals surface area contributed by atoms with Crippen LogP contribution in [0.25, 0.3) is 11.1 Å². The van der Waals surface area contributed by atoms with Gasteiger partial charge in [0.15, 0.2) is 0 Å². The number of esters is 1. The summed E-state index contributed by atoms with van der Waals surface area (Å²) in [6.45, 7) is 1.52. The highest BCUT2D eigenvalue weighted by molar-refractivity contribution is 6.00. The molecule has 3 rings (SSSR count). The van der Waals surface area contributed by atoms with Crippen molar-refractivity contribution in [2.45, 2.75) is 45.1 Å². The Hall–Kier alpha value is -2.65. The third-order valence-corrected chi connectivity index (χ3v) is 5.24. The predicted molar refractivity (Wildman–Crippen MR) is 117 cm³/mol. The Morgan fingerprint density at radius 1 is 0.793 bits per heavy atom. The zero-order chi connectivity index (χ0) is 20.3. The molecule has 0 saturated heterocycles. The second-order valence-electron chi connectivity index (χ2n) is 7.37. The molecule has 0 bridgehead atoms. The van der Waals surface area contributed by atoms with Gasteiger partial charge in [0.1, 0.15) is 0 Å². The number of aryl methyl sites for hydroxylation is 1. The number of methoxy groups -OCH3 is 1. The Bertz CT molecular complexity index is 857. The Labute approximate surface area is 174 Å². The zero-order valence-electron chi connectivity index (χ0n) is 17.2. The molecule has 3 nitrogen and oxygen atoms in total. The summed E-state index contributed by atoms with van der Waals surface area (Å²) in [6, 6.07) is 22.4. The van der Waals surface area contributed by atoms with Crippen LogP contribution in [-0.4, -0.2) is 19.7 Å². The molecule has 0 heterocycles. The third kappa shape index (κ3) is 6.16. The molecular formula is C26H30O3. The Kier molecular flexibility index (Phi) is 8.26. The number of hydrogen-bond acceptors (Lipinski definition) is 3. The summed E-state index contributed by atoms with van der Waals surface area (Å²) < 4.78 is 10.7. The molecule has 0 aliphatic heterocycles. The van der Waals surface area contributed by atoms with Gasteiger partial charge in [-0.2, -0.15) is 0 Å². The summed E-state index contributed by atoms with van der Waals surface area (Å²) in [7, 11) is 1.44. The van der Waals surface area contributed by atoms with Gasteiger partial charge in [0, 0.05) is 6.61 Å². The van der Waals surface area contributed by atoms with Gasteiger partial charge in [-0.3, -0.25) is 0 Å². The smallest absolute Gasteiger partial charge is 0.338 e. The van der Waals surface area contributed by atoms with Gasteiger partial charge in [0.25, 0.3) is 0 Å². The van der Waals surface area contributed by atoms with E-state index < -0.39 is 0 Å². The molecule has 0 radical (unpaired) electrons. The fourth-order valence-corrected chi connectivity index (χ4v) is 3.69. The molecular weight excluding hydrogens is 360 g/mol. The summed E-state index contributed by atoms with van der Waals surface area (Å²) in [5.74, 6) is -0.261. The lowest BCUT2D eigenvalue weighted by Crippen LogP contribution is -1.99. The average molecular weight is 391 g/mol. The van der Waals surface area contributed by atoms with Crippen LogP contribution in [0.5, 0.6) is 0 Å². The molecule has 2 aliphatic rings. The highest BCUT2D eigenvalue weighted by Crippen LogP contribution is 2.33. The van der Waals surface area contributed by atoms with Gasteiger partial charge in [0.2, 0.25) is 0 Å². The van der Waals surface area contributed by atoms with Crippen LogP contribution < -0.4 is 0 Å². The van der Waals surface area contributed by atoms with Crippen molar-refractivity contribution in [3.8, 4) is 11.1 Å². The maximum atomic E-state index is 12.1. The van der Waals surface area contributed by atoms with Crippen molar-refractivity contribution in [3.05, 3.63) is 83.4 Å². The minimum Gasteiger partial charge on any atom is -0.465 e. The van der Waals surface area contributed by atoms with Crippen molar-refractivity contribution in [3.63, 3.8) is 0 Å². The van der Waals surface area contributed by atoms with Gasteiger partial charge in [-0.05, 0) is 47.6 Å². The lowest BCUT2D eigenvalue weighted by Gasteiger charge is -2.05. The summed E-state index contributed by atoms with van der Waals surface area (Å²) in [4.78, 5) is 12.1. The molecule has 0 saturated carbocycles. The Morgan fingerprint density at radius 2 is 1.45 bits per heavy atom. The van der Waals surface area contributed by atoms with E-state index in [1.54, 1.807) is 0 Å². The van der Waals surface area contributed by atoms with E-state index in [9.17, 15) is 4.79 Å². The molecule has 0 fully saturated rings. The first-order valence-electron chi connectivity index (χ1n) is 10.5. The number of rotatable bonds is 11. The standard InChI is InChI=1S/C26H30O3/c1-28-26(27)25-19-22(23-16-10-6-11-17-24(23)25)15-9-3-2-4-12-18-29-20-21-13-7-5-8-14-21/h5-8,10-11,13-14,16-17,19H,2-4,9,12,15,18,20H2,1H3. The van der Waals surface area contributed by atoms with E-state index in [-0.39, 0.29) is 5.97 Å². The van der Waals surface area contributed by atoms with Crippen molar-refractivity contribution in [1.82, 2.24) is 0 Å². The number of ether oxygens (including phenoxy) is 2. The van der Waals surface area contributed by atoms with Crippen LogP contribution in [0.2, 0.25) is 0 Å². The van der Waals surface area contributed by atoms with E-state index in [2.05, 4.69) is 18.2 Å². The Balaban J connectivity index is 1.37. The number of hydrogen-bond donors (Lipinski definition) is 0. The molecule has 1 aromatic carbocycles. The van der Waals surface area contributed by atoms with E-state index in [4.69, 9.17) is 9.47 Å². The van der Waals surface area contributed by atoms with E-state index in [1.165, 1.54) is 37.5 Å². The van der Waals surface area contributed by atoms with Crippen molar-refractivity contribution in [2.75, 3.05) is 13.7 Å². The van der Waals surface area contributed by atoms with E-state index in [1.807, 2.05) is 48.5 Å². The molecule has 1 aromatic rings. The first-order chi connectivity index (χ1) is 14.3. The van der Waals surface area contributed by atoms with Crippen LogP contribution >= 0.6 is 0 Å². The maximum absolute atomic E-state index is 12.1. The van der Waals surface area contributed by atoms with Gasteiger partial charge < -0.3 is 9.47 Å². The van der Waals surface area contributed by atoms with Crippen LogP contribution in [0.4, 0.5) is 0 Å². The summed E-state index contributed by atoms with van der Waals surface area (Å²) in [5, 5.41) is 0. The van der Waals surface area contributed by atoms with E-state index >= 15 is 0 Å². The fraction of sp³-hybridized carbons (Fsp3) is 0.346. The second-order valence-corrected chi connectivity index (χ2v) is 7.37. The van der Waals surface area contributed by atoms with Crippen molar-refractivity contribution < 1.29 is 14.3 Å². The van der Waals surface area contributed by atoms with Crippen molar-refractivity contribution >= 4 is 5.97 Å². The normalized spacial score (nSPS) is 10.9. The van der Waals surface area contributed by atoms with Gasteiger partial charge in [-0.25, -0.2) is 4.79 Å². The quantitative estimate of drug-likeness (QED) is 0.285. The lowest BCUT2D eigenvalue weighted by atomic mass is 10.0. The summed E-state index contributed by atoms with van der Waals surface area (Å²) in [6.07, 6.45) is 6.82. The van der Waals surface area contributed by atoms with E-state index in [0.717, 1.165) is 37.0 Å². The molecule has 2 aliphatic carbocycles. The largest absolute Gasteiger partial charge is 0.465 e. The predicted octanol–water partition coefficient (Wildman–Crippen LogP) is 6.29. The van der Waals surface area contributed by atoms with E-state index in [0.29, 0.717) is 12.2 Å². The van der Waals surface area contributed by atoms with Crippen LogP contribution in [0.3, 0.4) is 0 Å². The highest BCUT2D eigenvalue weighted by Gasteiger charge is 2.19. The zero-order valence-corrected chi connectivity index (χ0v) is 17.2. The molecule has 3 heteroatoms. The molecule has 0 amide bonds. The number of carbonyl (C=O) groups is 1. The highest BCUT2D eigenvalue weighted by atomic mass is 16.5. The topological polar surface area (TPSA) is 35.5 Å². The molecule has 0 aromatic heterocycles. The van der Waals surface area contributed by atoms with Gasteiger partial charge in [0.05, 0.1) is 19.3 Å². The van der Waals surface area contributed by atoms with Gasteiger partial charge in [-0.1, -0.05) is 79.9 Å². The Morgan fingerprint density at radius 3 is 2.21 bits per heavy atom. The molecule has 0 N–H and O–H groups in total. The second kappa shape index (κ2) is 11.4. The number of unbranched alkanes of at least 4 members (excludes halogenated alkanes) is 4. The molecule has 0 unspecified atom stereocenters. The van der Waals surface area contributed by atoms with Crippen LogP contribution in [0.15, 0.2) is 66.7 Å². The first-order valence-corrected chi connectivity index (χ1v) is 10.5. The summed E-state index contributed by atoms with van der Waals surface area (Å²) in [5.41, 5.74) is 5.28. The third-order valence-electron chi connectivity index (χ3n) is 5.24. The number of fused-ring (bicyclic) bond motifs is 1. The molecule has 29 heavy (non-hydrogen) atoms.